The Balaban J connectivity index is 1.41. The summed E-state index contributed by atoms with van der Waals surface area (Å²) in [7, 11) is 0. The van der Waals surface area contributed by atoms with Gasteiger partial charge in [0.05, 0.1) is 5.02 Å². The number of halogens is 1. The van der Waals surface area contributed by atoms with Crippen molar-refractivity contribution in [3.05, 3.63) is 65.4 Å². The first-order valence-electron chi connectivity index (χ1n) is 8.21. The molecule has 2 heterocycles. The van der Waals surface area contributed by atoms with Gasteiger partial charge in [-0.05, 0) is 30.4 Å². The molecule has 134 valence electrons. The van der Waals surface area contributed by atoms with Gasteiger partial charge in [0, 0.05) is 35.7 Å². The lowest BCUT2D eigenvalue weighted by molar-refractivity contribution is -0.115. The van der Waals surface area contributed by atoms with E-state index in [4.69, 9.17) is 16.1 Å². The number of benzene rings is 1. The van der Waals surface area contributed by atoms with Gasteiger partial charge in [-0.15, -0.1) is 0 Å². The monoisotopic (exact) mass is 387 g/mol. The SMILES string of the molecule is O=C(CCSCCc1ccccn1)Nc1cc(-c2ccccc2Cl)no1. The average Bonchev–Trinajstić information content (AvgIpc) is 3.11. The summed E-state index contributed by atoms with van der Waals surface area (Å²) in [4.78, 5) is 16.3. The van der Waals surface area contributed by atoms with Gasteiger partial charge < -0.3 is 4.52 Å². The Labute approximate surface area is 161 Å². The fraction of sp³-hybridized carbons (Fsp3) is 0.211. The molecule has 0 saturated heterocycles. The van der Waals surface area contributed by atoms with E-state index in [0.29, 0.717) is 23.0 Å². The number of carbonyl (C=O) groups is 1. The van der Waals surface area contributed by atoms with Gasteiger partial charge in [0.15, 0.2) is 0 Å². The summed E-state index contributed by atoms with van der Waals surface area (Å²) in [5.41, 5.74) is 2.43. The van der Waals surface area contributed by atoms with Crippen LogP contribution in [0.15, 0.2) is 59.3 Å². The molecule has 0 spiro atoms. The number of thioether (sulfide) groups is 1. The number of aryl methyl sites for hydroxylation is 1. The molecule has 0 atom stereocenters. The van der Waals surface area contributed by atoms with Gasteiger partial charge in [-0.2, -0.15) is 11.8 Å². The molecule has 0 aliphatic carbocycles. The van der Waals surface area contributed by atoms with E-state index in [1.165, 1.54) is 0 Å². The Morgan fingerprint density at radius 3 is 2.81 bits per heavy atom. The highest BCUT2D eigenvalue weighted by atomic mass is 35.5. The second kappa shape index (κ2) is 9.40. The van der Waals surface area contributed by atoms with Crippen LogP contribution in [0.1, 0.15) is 12.1 Å². The van der Waals surface area contributed by atoms with E-state index >= 15 is 0 Å². The summed E-state index contributed by atoms with van der Waals surface area (Å²) >= 11 is 7.87. The van der Waals surface area contributed by atoms with Gasteiger partial charge in [0.25, 0.3) is 0 Å². The molecule has 3 aromatic rings. The molecule has 0 aliphatic rings. The summed E-state index contributed by atoms with van der Waals surface area (Å²) in [5, 5.41) is 7.27. The maximum Gasteiger partial charge on any atom is 0.231 e. The highest BCUT2D eigenvalue weighted by Crippen LogP contribution is 2.28. The van der Waals surface area contributed by atoms with Crippen LogP contribution in [0.25, 0.3) is 11.3 Å². The lowest BCUT2D eigenvalue weighted by Gasteiger charge is -2.02. The van der Waals surface area contributed by atoms with Crippen LogP contribution in [-0.2, 0) is 11.2 Å². The van der Waals surface area contributed by atoms with Gasteiger partial charge in [-0.25, -0.2) is 0 Å². The molecule has 0 saturated carbocycles. The Morgan fingerprint density at radius 1 is 1.15 bits per heavy atom. The maximum absolute atomic E-state index is 12.0. The van der Waals surface area contributed by atoms with Crippen LogP contribution in [0.5, 0.6) is 0 Å². The zero-order valence-electron chi connectivity index (χ0n) is 14.0. The number of carbonyl (C=O) groups excluding carboxylic acids is 1. The number of nitrogens with one attached hydrogen (secondary N) is 1. The zero-order chi connectivity index (χ0) is 18.2. The number of hydrogen-bond acceptors (Lipinski definition) is 5. The molecule has 0 bridgehead atoms. The molecule has 1 amide bonds. The predicted molar refractivity (Wildman–Crippen MR) is 105 cm³/mol. The lowest BCUT2D eigenvalue weighted by Crippen LogP contribution is -2.11. The molecule has 1 aromatic carbocycles. The number of pyridine rings is 1. The van der Waals surface area contributed by atoms with Crippen LogP contribution in [0.4, 0.5) is 5.88 Å². The number of rotatable bonds is 8. The van der Waals surface area contributed by atoms with Crippen molar-refractivity contribution in [1.29, 1.82) is 0 Å². The summed E-state index contributed by atoms with van der Waals surface area (Å²) in [6.45, 7) is 0. The summed E-state index contributed by atoms with van der Waals surface area (Å²) in [5.74, 6) is 1.90. The third-order valence-electron chi connectivity index (χ3n) is 3.62. The Hall–Kier alpha value is -2.31. The molecule has 0 fully saturated rings. The van der Waals surface area contributed by atoms with Gasteiger partial charge in [0.2, 0.25) is 11.8 Å². The van der Waals surface area contributed by atoms with Gasteiger partial charge in [-0.1, -0.05) is 41.0 Å². The minimum absolute atomic E-state index is 0.0998. The molecule has 1 N–H and O–H groups in total. The highest BCUT2D eigenvalue weighted by molar-refractivity contribution is 7.99. The fourth-order valence-electron chi connectivity index (χ4n) is 2.32. The van der Waals surface area contributed by atoms with E-state index in [-0.39, 0.29) is 5.91 Å². The van der Waals surface area contributed by atoms with E-state index in [9.17, 15) is 4.79 Å². The zero-order valence-corrected chi connectivity index (χ0v) is 15.6. The molecule has 0 unspecified atom stereocenters. The number of aromatic nitrogens is 2. The van der Waals surface area contributed by atoms with Crippen LogP contribution >= 0.6 is 23.4 Å². The minimum Gasteiger partial charge on any atom is -0.338 e. The summed E-state index contributed by atoms with van der Waals surface area (Å²) < 4.78 is 5.17. The summed E-state index contributed by atoms with van der Waals surface area (Å²) in [6, 6.07) is 14.9. The van der Waals surface area contributed by atoms with E-state index in [2.05, 4.69) is 15.5 Å². The minimum atomic E-state index is -0.0998. The van der Waals surface area contributed by atoms with E-state index < -0.39 is 0 Å². The molecule has 5 nitrogen and oxygen atoms in total. The number of anilines is 1. The topological polar surface area (TPSA) is 68.0 Å². The quantitative estimate of drug-likeness (QED) is 0.567. The van der Waals surface area contributed by atoms with E-state index in [1.807, 2.05) is 36.4 Å². The Bertz CT molecular complexity index is 855. The third kappa shape index (κ3) is 5.34. The van der Waals surface area contributed by atoms with Gasteiger partial charge in [0.1, 0.15) is 5.69 Å². The second-order valence-electron chi connectivity index (χ2n) is 5.54. The molecule has 26 heavy (non-hydrogen) atoms. The smallest absolute Gasteiger partial charge is 0.231 e. The first-order chi connectivity index (χ1) is 12.7. The van der Waals surface area contributed by atoms with Crippen molar-refractivity contribution in [2.24, 2.45) is 0 Å². The molecule has 3 rings (SSSR count). The number of nitrogens with zero attached hydrogens (tertiary/aromatic N) is 2. The highest BCUT2D eigenvalue weighted by Gasteiger charge is 2.11. The molecular weight excluding hydrogens is 370 g/mol. The third-order valence-corrected chi connectivity index (χ3v) is 4.94. The molecule has 7 heteroatoms. The van der Waals surface area contributed by atoms with Crippen LogP contribution in [0, 0.1) is 0 Å². The normalized spacial score (nSPS) is 10.7. The summed E-state index contributed by atoms with van der Waals surface area (Å²) in [6.07, 6.45) is 3.10. The number of amides is 1. The van der Waals surface area contributed by atoms with Crippen molar-refractivity contribution in [1.82, 2.24) is 10.1 Å². The molecule has 0 radical (unpaired) electrons. The average molecular weight is 388 g/mol. The van der Waals surface area contributed by atoms with Crippen LogP contribution in [-0.4, -0.2) is 27.6 Å². The van der Waals surface area contributed by atoms with Crippen molar-refractivity contribution in [3.63, 3.8) is 0 Å². The van der Waals surface area contributed by atoms with Crippen LogP contribution < -0.4 is 5.32 Å². The lowest BCUT2D eigenvalue weighted by atomic mass is 10.1. The van der Waals surface area contributed by atoms with Gasteiger partial charge in [-0.3, -0.25) is 15.1 Å². The van der Waals surface area contributed by atoms with Crippen molar-refractivity contribution in [2.45, 2.75) is 12.8 Å². The van der Waals surface area contributed by atoms with Crippen molar-refractivity contribution in [3.8, 4) is 11.3 Å². The second-order valence-corrected chi connectivity index (χ2v) is 7.17. The van der Waals surface area contributed by atoms with Gasteiger partial charge >= 0.3 is 0 Å². The molecule has 0 aliphatic heterocycles. The van der Waals surface area contributed by atoms with Crippen molar-refractivity contribution < 1.29 is 9.32 Å². The first kappa shape index (κ1) is 18.5. The number of hydrogen-bond donors (Lipinski definition) is 1. The first-order valence-corrected chi connectivity index (χ1v) is 9.75. The van der Waals surface area contributed by atoms with E-state index in [1.54, 1.807) is 30.1 Å². The van der Waals surface area contributed by atoms with Crippen LogP contribution in [0.3, 0.4) is 0 Å². The fourth-order valence-corrected chi connectivity index (χ4v) is 3.44. The predicted octanol–water partition coefficient (Wildman–Crippen LogP) is 4.69. The van der Waals surface area contributed by atoms with Crippen molar-refractivity contribution in [2.75, 3.05) is 16.8 Å². The van der Waals surface area contributed by atoms with E-state index in [0.717, 1.165) is 29.2 Å². The largest absolute Gasteiger partial charge is 0.338 e. The molecule has 2 aromatic heterocycles. The van der Waals surface area contributed by atoms with Crippen molar-refractivity contribution >= 4 is 35.2 Å². The standard InChI is InChI=1S/C19H18ClN3O2S/c20-16-7-2-1-6-15(16)17-13-19(25-23-17)22-18(24)9-12-26-11-8-14-5-3-4-10-21-14/h1-7,10,13H,8-9,11-12H2,(H,22,24). The van der Waals surface area contributed by atoms with Crippen LogP contribution in [0.2, 0.25) is 5.02 Å². The molecular formula is C19H18ClN3O2S. The Kier molecular flexibility index (Phi) is 6.68. The maximum atomic E-state index is 12.0. The Morgan fingerprint density at radius 2 is 2.00 bits per heavy atom.